The number of methoxy groups -OCH3 is 1. The van der Waals surface area contributed by atoms with Crippen LogP contribution in [0.4, 0.5) is 22.0 Å². The molecule has 2 fully saturated rings. The number of hydrogen-bond acceptors (Lipinski definition) is 7. The van der Waals surface area contributed by atoms with Gasteiger partial charge in [0, 0.05) is 41.1 Å². The van der Waals surface area contributed by atoms with Crippen molar-refractivity contribution in [3.8, 4) is 17.0 Å². The van der Waals surface area contributed by atoms with Crippen LogP contribution < -0.4 is 15.8 Å². The Morgan fingerprint density at radius 2 is 1.92 bits per heavy atom. The zero-order valence-corrected chi connectivity index (χ0v) is 26.5. The summed E-state index contributed by atoms with van der Waals surface area (Å²) in [5.74, 6) is -4.59. The molecule has 15 heteroatoms. The van der Waals surface area contributed by atoms with Gasteiger partial charge in [-0.05, 0) is 67.6 Å². The van der Waals surface area contributed by atoms with Crippen molar-refractivity contribution in [3.05, 3.63) is 76.4 Å². The van der Waals surface area contributed by atoms with Crippen molar-refractivity contribution < 1.29 is 46.1 Å². The van der Waals surface area contributed by atoms with E-state index in [1.807, 2.05) is 0 Å². The largest absolute Gasteiger partial charge is 0.494 e. The first-order valence-electron chi connectivity index (χ1n) is 15.6. The van der Waals surface area contributed by atoms with Crippen molar-refractivity contribution in [1.29, 1.82) is 0 Å². The van der Waals surface area contributed by atoms with Gasteiger partial charge in [0.05, 0.1) is 49.2 Å². The molecule has 2 amide bonds. The Morgan fingerprint density at radius 1 is 1.18 bits per heavy atom. The highest BCUT2D eigenvalue weighted by atomic mass is 19.4. The Balaban J connectivity index is 1.29. The third kappa shape index (κ3) is 5.58. The summed E-state index contributed by atoms with van der Waals surface area (Å²) in [5.41, 5.74) is 1.90. The van der Waals surface area contributed by atoms with Gasteiger partial charge in [0.15, 0.2) is 0 Å². The third-order valence-electron chi connectivity index (χ3n) is 9.79. The predicted octanol–water partition coefficient (Wildman–Crippen LogP) is 4.98. The lowest BCUT2D eigenvalue weighted by Crippen LogP contribution is -2.47. The highest BCUT2D eigenvalue weighted by Crippen LogP contribution is 2.48. The summed E-state index contributed by atoms with van der Waals surface area (Å²) >= 11 is 0. The van der Waals surface area contributed by atoms with E-state index in [2.05, 4.69) is 15.4 Å². The summed E-state index contributed by atoms with van der Waals surface area (Å²) in [7, 11) is 1.40. The summed E-state index contributed by atoms with van der Waals surface area (Å²) in [6.07, 6.45) is -1.76. The van der Waals surface area contributed by atoms with E-state index in [9.17, 15) is 36.6 Å². The second-order valence-corrected chi connectivity index (χ2v) is 13.3. The van der Waals surface area contributed by atoms with Crippen LogP contribution in [0.25, 0.3) is 22.2 Å². The fourth-order valence-corrected chi connectivity index (χ4v) is 6.45. The molecule has 2 saturated carbocycles. The number of halogens is 5. The standard InChI is InChI=1S/C34H32F5N5O5/c1-31(30(40)46)16-49-14-21-22(31)12-26(42-27(21)17-3-6-24(35)23(10-17)34(37,38)39)33(47,20-4-5-20)15-41-29(45)18-9-19-13-44(32(36)7-8-32)43-28(19)25(11-18)48-2/h3,6,9-13,20,47H,4-5,7-8,14-16H2,1-2H3,(H2,40,46)(H,41,45)/t31-,33+/m0/s1. The highest BCUT2D eigenvalue weighted by Gasteiger charge is 2.49. The van der Waals surface area contributed by atoms with Crippen LogP contribution in [0, 0.1) is 11.7 Å². The SMILES string of the molecule is COc1cc(C(=O)NC[C@](O)(c2cc3c(c(-c4ccc(F)c(C(F)(F)F)c4)n2)COC[C@]3(C)C(N)=O)C2CC2)cc2cn(C3(F)CC3)nc12. The number of benzene rings is 2. The zero-order valence-electron chi connectivity index (χ0n) is 26.5. The Labute approximate surface area is 276 Å². The van der Waals surface area contributed by atoms with Gasteiger partial charge in [-0.3, -0.25) is 9.59 Å². The fourth-order valence-electron chi connectivity index (χ4n) is 6.45. The number of nitrogens with one attached hydrogen (secondary N) is 1. The van der Waals surface area contributed by atoms with Crippen LogP contribution >= 0.6 is 0 Å². The molecule has 258 valence electrons. The Kier molecular flexibility index (Phi) is 7.52. The molecule has 3 aliphatic rings. The van der Waals surface area contributed by atoms with E-state index >= 15 is 0 Å². The van der Waals surface area contributed by atoms with Gasteiger partial charge in [0.25, 0.3) is 5.91 Å². The van der Waals surface area contributed by atoms with Crippen LogP contribution in [0.15, 0.2) is 42.6 Å². The van der Waals surface area contributed by atoms with Gasteiger partial charge >= 0.3 is 6.18 Å². The number of carbonyl (C=O) groups excluding carboxylic acids is 2. The number of aliphatic hydroxyl groups is 1. The Hall–Kier alpha value is -4.63. The van der Waals surface area contributed by atoms with Crippen LogP contribution in [0.3, 0.4) is 0 Å². The summed E-state index contributed by atoms with van der Waals surface area (Å²) in [4.78, 5) is 30.9. The van der Waals surface area contributed by atoms with Gasteiger partial charge in [0.2, 0.25) is 11.7 Å². The van der Waals surface area contributed by atoms with Crippen LogP contribution in [0.2, 0.25) is 0 Å². The number of rotatable bonds is 9. The van der Waals surface area contributed by atoms with Crippen molar-refractivity contribution >= 4 is 22.7 Å². The van der Waals surface area contributed by atoms with Gasteiger partial charge in [-0.1, -0.05) is 0 Å². The lowest BCUT2D eigenvalue weighted by atomic mass is 9.76. The number of primary amides is 1. The first-order valence-corrected chi connectivity index (χ1v) is 15.6. The number of pyridine rings is 1. The molecule has 1 aliphatic heterocycles. The van der Waals surface area contributed by atoms with Crippen LogP contribution in [0.5, 0.6) is 5.75 Å². The molecule has 0 spiro atoms. The molecular formula is C34H32F5N5O5. The summed E-state index contributed by atoms with van der Waals surface area (Å²) in [6.45, 7) is 0.876. The number of ether oxygens (including phenoxy) is 2. The summed E-state index contributed by atoms with van der Waals surface area (Å²) in [6, 6.07) is 6.89. The third-order valence-corrected chi connectivity index (χ3v) is 9.79. The molecule has 49 heavy (non-hydrogen) atoms. The molecule has 10 nitrogen and oxygen atoms in total. The molecule has 0 unspecified atom stereocenters. The molecule has 0 bridgehead atoms. The van der Waals surface area contributed by atoms with Crippen LogP contribution in [-0.4, -0.2) is 51.9 Å². The van der Waals surface area contributed by atoms with E-state index in [1.165, 1.54) is 43.1 Å². The van der Waals surface area contributed by atoms with Crippen molar-refractivity contribution in [2.75, 3.05) is 20.3 Å². The van der Waals surface area contributed by atoms with E-state index in [0.717, 1.165) is 6.07 Å². The van der Waals surface area contributed by atoms with Crippen molar-refractivity contribution in [1.82, 2.24) is 20.1 Å². The number of fused-ring (bicyclic) bond motifs is 2. The maximum absolute atomic E-state index is 14.7. The fraction of sp³-hybridized carbons (Fsp3) is 0.412. The smallest absolute Gasteiger partial charge is 0.419 e. The molecule has 4 aromatic rings. The number of nitrogens with two attached hydrogens (primary N) is 1. The number of amides is 2. The lowest BCUT2D eigenvalue weighted by Gasteiger charge is -2.36. The first-order chi connectivity index (χ1) is 23.1. The maximum atomic E-state index is 14.7. The number of aromatic nitrogens is 3. The molecule has 2 aliphatic carbocycles. The monoisotopic (exact) mass is 685 g/mol. The number of alkyl halides is 4. The Bertz CT molecular complexity index is 2020. The number of carbonyl (C=O) groups is 2. The average molecular weight is 686 g/mol. The van der Waals surface area contributed by atoms with E-state index in [4.69, 9.17) is 15.2 Å². The predicted molar refractivity (Wildman–Crippen MR) is 164 cm³/mol. The van der Waals surface area contributed by atoms with Crippen molar-refractivity contribution in [3.63, 3.8) is 0 Å². The molecule has 2 atom stereocenters. The second-order valence-electron chi connectivity index (χ2n) is 13.3. The number of nitrogens with zero attached hydrogens (tertiary/aromatic N) is 3. The van der Waals surface area contributed by atoms with Gasteiger partial charge in [-0.25, -0.2) is 18.4 Å². The van der Waals surface area contributed by atoms with Gasteiger partial charge in [-0.15, -0.1) is 0 Å². The van der Waals surface area contributed by atoms with Gasteiger partial charge in [-0.2, -0.15) is 18.3 Å². The lowest BCUT2D eigenvalue weighted by molar-refractivity contribution is -0.140. The minimum absolute atomic E-state index is 0.0108. The van der Waals surface area contributed by atoms with E-state index < -0.39 is 52.1 Å². The quantitative estimate of drug-likeness (QED) is 0.211. The molecule has 4 N–H and O–H groups in total. The minimum atomic E-state index is -5.01. The van der Waals surface area contributed by atoms with E-state index in [1.54, 1.807) is 0 Å². The van der Waals surface area contributed by atoms with E-state index in [-0.39, 0.29) is 53.6 Å². The van der Waals surface area contributed by atoms with Gasteiger partial charge in [0.1, 0.15) is 22.7 Å². The normalized spacial score (nSPS) is 21.1. The summed E-state index contributed by atoms with van der Waals surface area (Å²) < 4.78 is 82.6. The number of hydrogen-bond donors (Lipinski definition) is 3. The first kappa shape index (κ1) is 32.9. The highest BCUT2D eigenvalue weighted by molar-refractivity contribution is 6.00. The van der Waals surface area contributed by atoms with Gasteiger partial charge < -0.3 is 25.6 Å². The molecule has 2 aromatic carbocycles. The molecular weight excluding hydrogens is 653 g/mol. The average Bonchev–Trinajstić information content (AvgIpc) is 4.00. The molecule has 7 rings (SSSR count). The van der Waals surface area contributed by atoms with Crippen LogP contribution in [0.1, 0.15) is 65.3 Å². The second kappa shape index (κ2) is 11.2. The van der Waals surface area contributed by atoms with Crippen molar-refractivity contribution in [2.45, 2.75) is 62.2 Å². The Morgan fingerprint density at radius 3 is 2.55 bits per heavy atom. The van der Waals surface area contributed by atoms with E-state index in [0.29, 0.717) is 54.3 Å². The van der Waals surface area contributed by atoms with Crippen molar-refractivity contribution in [2.24, 2.45) is 11.7 Å². The molecule has 2 aromatic heterocycles. The molecule has 0 saturated heterocycles. The molecule has 0 radical (unpaired) electrons. The topological polar surface area (TPSA) is 142 Å². The minimum Gasteiger partial charge on any atom is -0.494 e. The molecule has 3 heterocycles. The van der Waals surface area contributed by atoms with Crippen LogP contribution in [-0.2, 0) is 39.1 Å². The summed E-state index contributed by atoms with van der Waals surface area (Å²) in [5, 5.41) is 19.8. The maximum Gasteiger partial charge on any atom is 0.419 e. The zero-order chi connectivity index (χ0) is 35.1.